The Morgan fingerprint density at radius 1 is 1.33 bits per heavy atom. The Balaban J connectivity index is 3.59. The maximum Gasteiger partial charge on any atom is 0.0470 e. The lowest BCUT2D eigenvalue weighted by Crippen LogP contribution is -2.13. The van der Waals surface area contributed by atoms with Gasteiger partial charge in [0.25, 0.3) is 0 Å². The van der Waals surface area contributed by atoms with Crippen LogP contribution in [0.2, 0.25) is 0 Å². The van der Waals surface area contributed by atoms with Gasteiger partial charge in [0.15, 0.2) is 0 Å². The number of aliphatic hydroxyl groups is 1. The van der Waals surface area contributed by atoms with Gasteiger partial charge in [0.2, 0.25) is 0 Å². The van der Waals surface area contributed by atoms with Crippen molar-refractivity contribution in [3.05, 3.63) is 0 Å². The molecule has 1 N–H and O–H groups in total. The maximum atomic E-state index is 8.62. The summed E-state index contributed by atoms with van der Waals surface area (Å²) in [5.41, 5.74) is 0. The molecular formula is C7H17OP. The first-order chi connectivity index (χ1) is 3.98. The molecule has 0 aromatic carbocycles. The molecule has 0 aliphatic carbocycles. The Kier molecular flexibility index (Phi) is 3.68. The van der Waals surface area contributed by atoms with Gasteiger partial charge >= 0.3 is 0 Å². The van der Waals surface area contributed by atoms with E-state index in [1.807, 2.05) is 0 Å². The van der Waals surface area contributed by atoms with Gasteiger partial charge in [-0.05, 0) is 18.0 Å². The van der Waals surface area contributed by atoms with Crippen molar-refractivity contribution >= 4 is 7.92 Å². The van der Waals surface area contributed by atoms with E-state index in [2.05, 4.69) is 27.4 Å². The summed E-state index contributed by atoms with van der Waals surface area (Å²) >= 11 is 0. The topological polar surface area (TPSA) is 20.2 Å². The highest BCUT2D eigenvalue weighted by Gasteiger charge is 2.17. The molecule has 0 fully saturated rings. The molecule has 0 amide bonds. The number of aliphatic hydroxyl groups excluding tert-OH is 1. The molecule has 9 heavy (non-hydrogen) atoms. The fourth-order valence-electron chi connectivity index (χ4n) is 0.485. The quantitative estimate of drug-likeness (QED) is 0.593. The largest absolute Gasteiger partial charge is 0.396 e. The zero-order valence-electron chi connectivity index (χ0n) is 6.81. The summed E-state index contributed by atoms with van der Waals surface area (Å²) in [5, 5.41) is 9.03. The van der Waals surface area contributed by atoms with Crippen LogP contribution in [0.25, 0.3) is 0 Å². The number of hydrogen-bond donors (Lipinski definition) is 1. The molecule has 2 heteroatoms. The molecule has 0 aromatic rings. The molecule has 0 saturated carbocycles. The molecule has 0 aliphatic heterocycles. The first-order valence-electron chi connectivity index (χ1n) is 3.30. The first kappa shape index (κ1) is 9.39. The Hall–Kier alpha value is 0.390. The third kappa shape index (κ3) is 3.89. The minimum absolute atomic E-state index is 0.0283. The molecule has 0 radical (unpaired) electrons. The minimum Gasteiger partial charge on any atom is -0.396 e. The second-order valence-corrected chi connectivity index (χ2v) is 6.50. The fourth-order valence-corrected chi connectivity index (χ4v) is 1.46. The van der Waals surface area contributed by atoms with Crippen LogP contribution in [-0.4, -0.2) is 29.7 Å². The maximum absolute atomic E-state index is 8.62. The first-order valence-corrected chi connectivity index (χ1v) is 5.28. The molecular weight excluding hydrogens is 131 g/mol. The van der Waals surface area contributed by atoms with Gasteiger partial charge in [0.05, 0.1) is 0 Å². The van der Waals surface area contributed by atoms with Crippen molar-refractivity contribution < 1.29 is 5.11 Å². The Labute approximate surface area is 59.2 Å². The third-order valence-electron chi connectivity index (χ3n) is 1.58. The molecule has 0 unspecified atom stereocenters. The van der Waals surface area contributed by atoms with E-state index in [4.69, 9.17) is 5.11 Å². The standard InChI is InChI=1S/C7H17OP/c1-7(2,3)9(4)6-5-8/h8H,5-6H2,1-4H3/t9-/m1/s1. The number of hydrogen-bond acceptors (Lipinski definition) is 1. The van der Waals surface area contributed by atoms with Crippen LogP contribution < -0.4 is 0 Å². The van der Waals surface area contributed by atoms with Gasteiger partial charge in [0, 0.05) is 6.61 Å². The highest BCUT2D eigenvalue weighted by atomic mass is 31.1. The molecule has 0 heterocycles. The van der Waals surface area contributed by atoms with E-state index in [-0.39, 0.29) is 7.92 Å². The molecule has 0 aliphatic rings. The lowest BCUT2D eigenvalue weighted by molar-refractivity contribution is 0.321. The Bertz CT molecular complexity index is 75.5. The van der Waals surface area contributed by atoms with Gasteiger partial charge < -0.3 is 5.11 Å². The summed E-state index contributed by atoms with van der Waals surface area (Å²) in [4.78, 5) is 0. The van der Waals surface area contributed by atoms with Crippen molar-refractivity contribution in [3.63, 3.8) is 0 Å². The summed E-state index contributed by atoms with van der Waals surface area (Å²) in [6.07, 6.45) is 0.985. The van der Waals surface area contributed by atoms with Gasteiger partial charge in [-0.2, -0.15) is 0 Å². The van der Waals surface area contributed by atoms with E-state index in [1.54, 1.807) is 0 Å². The van der Waals surface area contributed by atoms with Crippen molar-refractivity contribution in [3.8, 4) is 0 Å². The monoisotopic (exact) mass is 148 g/mol. The highest BCUT2D eigenvalue weighted by Crippen LogP contribution is 2.44. The molecule has 0 spiro atoms. The fraction of sp³-hybridized carbons (Fsp3) is 1.00. The van der Waals surface area contributed by atoms with Gasteiger partial charge in [-0.25, -0.2) is 0 Å². The zero-order chi connectivity index (χ0) is 7.49. The molecule has 0 rings (SSSR count). The van der Waals surface area contributed by atoms with Crippen LogP contribution in [0.5, 0.6) is 0 Å². The van der Waals surface area contributed by atoms with E-state index in [9.17, 15) is 0 Å². The molecule has 1 nitrogen and oxygen atoms in total. The molecule has 1 atom stereocenters. The molecule has 0 aromatic heterocycles. The SMILES string of the molecule is C[P@](CCO)C(C)(C)C. The van der Waals surface area contributed by atoms with Crippen LogP contribution >= 0.6 is 7.92 Å². The lowest BCUT2D eigenvalue weighted by Gasteiger charge is -2.26. The molecule has 0 bridgehead atoms. The van der Waals surface area contributed by atoms with Gasteiger partial charge in [-0.15, -0.1) is 7.92 Å². The lowest BCUT2D eigenvalue weighted by atomic mass is 10.3. The summed E-state index contributed by atoms with van der Waals surface area (Å²) in [6, 6.07) is 0. The summed E-state index contributed by atoms with van der Waals surface area (Å²) in [6.45, 7) is 9.28. The normalized spacial score (nSPS) is 15.7. The zero-order valence-corrected chi connectivity index (χ0v) is 7.70. The number of rotatable bonds is 2. The van der Waals surface area contributed by atoms with Crippen LogP contribution in [0.1, 0.15) is 20.8 Å². The summed E-state index contributed by atoms with van der Waals surface area (Å²) in [7, 11) is 0.0283. The van der Waals surface area contributed by atoms with Crippen LogP contribution in [0, 0.1) is 0 Å². The summed E-state index contributed by atoms with van der Waals surface area (Å²) < 4.78 is 0. The highest BCUT2D eigenvalue weighted by molar-refractivity contribution is 7.58. The summed E-state index contributed by atoms with van der Waals surface area (Å²) in [5.74, 6) is 0. The van der Waals surface area contributed by atoms with E-state index in [1.165, 1.54) is 0 Å². The smallest absolute Gasteiger partial charge is 0.0470 e. The van der Waals surface area contributed by atoms with Gasteiger partial charge in [-0.1, -0.05) is 20.8 Å². The van der Waals surface area contributed by atoms with Crippen molar-refractivity contribution in [1.29, 1.82) is 0 Å². The second kappa shape index (κ2) is 3.53. The van der Waals surface area contributed by atoms with Crippen molar-refractivity contribution in [2.24, 2.45) is 0 Å². The average Bonchev–Trinajstić information content (AvgIpc) is 1.64. The Morgan fingerprint density at radius 3 is 1.89 bits per heavy atom. The van der Waals surface area contributed by atoms with E-state index >= 15 is 0 Å². The van der Waals surface area contributed by atoms with E-state index in [0.717, 1.165) is 6.16 Å². The van der Waals surface area contributed by atoms with E-state index < -0.39 is 0 Å². The van der Waals surface area contributed by atoms with Crippen molar-refractivity contribution in [2.45, 2.75) is 25.9 Å². The van der Waals surface area contributed by atoms with Crippen molar-refractivity contribution in [1.82, 2.24) is 0 Å². The van der Waals surface area contributed by atoms with Crippen molar-refractivity contribution in [2.75, 3.05) is 19.4 Å². The molecule has 0 saturated heterocycles. The van der Waals surface area contributed by atoms with Crippen LogP contribution in [-0.2, 0) is 0 Å². The van der Waals surface area contributed by atoms with Crippen LogP contribution in [0.3, 0.4) is 0 Å². The van der Waals surface area contributed by atoms with Crippen LogP contribution in [0.15, 0.2) is 0 Å². The predicted molar refractivity (Wildman–Crippen MR) is 44.5 cm³/mol. The molecule has 56 valence electrons. The van der Waals surface area contributed by atoms with E-state index in [0.29, 0.717) is 11.8 Å². The predicted octanol–water partition coefficient (Wildman–Crippen LogP) is 1.89. The van der Waals surface area contributed by atoms with Gasteiger partial charge in [-0.3, -0.25) is 0 Å². The van der Waals surface area contributed by atoms with Crippen LogP contribution in [0.4, 0.5) is 0 Å². The Morgan fingerprint density at radius 2 is 1.78 bits per heavy atom. The third-order valence-corrected chi connectivity index (χ3v) is 4.74. The van der Waals surface area contributed by atoms with Gasteiger partial charge in [0.1, 0.15) is 0 Å². The minimum atomic E-state index is 0.0283. The second-order valence-electron chi connectivity index (χ2n) is 3.32. The average molecular weight is 148 g/mol.